The van der Waals surface area contributed by atoms with Gasteiger partial charge in [0, 0.05) is 25.0 Å². The van der Waals surface area contributed by atoms with Gasteiger partial charge >= 0.3 is 0 Å². The average molecular weight is 292 g/mol. The number of alkyl halides is 1. The van der Waals surface area contributed by atoms with Gasteiger partial charge < -0.3 is 4.57 Å². The summed E-state index contributed by atoms with van der Waals surface area (Å²) in [6.07, 6.45) is 7.99. The van der Waals surface area contributed by atoms with Gasteiger partial charge in [-0.05, 0) is 43.2 Å². The Morgan fingerprint density at radius 2 is 2.20 bits per heavy atom. The lowest BCUT2D eigenvalue weighted by Gasteiger charge is -2.17. The van der Waals surface area contributed by atoms with Crippen LogP contribution in [-0.4, -0.2) is 20.4 Å². The molecule has 0 spiro atoms. The number of hydrogen-bond donors (Lipinski definition) is 0. The summed E-state index contributed by atoms with van der Waals surface area (Å²) in [5.74, 6) is 1.71. The molecular weight excluding hydrogens is 270 g/mol. The normalized spacial score (nSPS) is 16.8. The molecule has 0 unspecified atom stereocenters. The maximum Gasteiger partial charge on any atom is 0.160 e. The Hall–Kier alpha value is -1.09. The minimum Gasteiger partial charge on any atom is -0.312 e. The highest BCUT2D eigenvalue weighted by Gasteiger charge is 2.42. The topological polar surface area (TPSA) is 30.7 Å². The van der Waals surface area contributed by atoms with E-state index in [2.05, 4.69) is 29.5 Å². The molecule has 2 aromatic rings. The van der Waals surface area contributed by atoms with Crippen LogP contribution < -0.4 is 0 Å². The predicted octanol–water partition coefficient (Wildman–Crippen LogP) is 4.10. The predicted molar refractivity (Wildman–Crippen MR) is 83.3 cm³/mol. The van der Waals surface area contributed by atoms with Gasteiger partial charge in [0.15, 0.2) is 5.65 Å². The van der Waals surface area contributed by atoms with Gasteiger partial charge in [0.25, 0.3) is 0 Å². The number of hydrogen-bond acceptors (Lipinski definition) is 2. The van der Waals surface area contributed by atoms with Gasteiger partial charge in [-0.1, -0.05) is 13.3 Å². The van der Waals surface area contributed by atoms with Gasteiger partial charge in [0.2, 0.25) is 0 Å². The maximum absolute atomic E-state index is 5.94. The summed E-state index contributed by atoms with van der Waals surface area (Å²) in [7, 11) is 0. The molecule has 108 valence electrons. The third-order valence-corrected chi connectivity index (χ3v) is 4.54. The molecule has 0 amide bonds. The molecule has 0 radical (unpaired) electrons. The molecule has 3 rings (SSSR count). The van der Waals surface area contributed by atoms with Crippen molar-refractivity contribution in [2.45, 2.75) is 52.5 Å². The Kier molecular flexibility index (Phi) is 3.72. The van der Waals surface area contributed by atoms with Crippen LogP contribution in [0.2, 0.25) is 0 Å². The van der Waals surface area contributed by atoms with E-state index in [1.807, 2.05) is 6.20 Å². The van der Waals surface area contributed by atoms with Crippen molar-refractivity contribution in [2.75, 3.05) is 5.88 Å². The van der Waals surface area contributed by atoms with Crippen LogP contribution in [0.5, 0.6) is 0 Å². The van der Waals surface area contributed by atoms with E-state index in [4.69, 9.17) is 16.6 Å². The minimum absolute atomic E-state index is 0.496. The van der Waals surface area contributed by atoms with E-state index < -0.39 is 0 Å². The van der Waals surface area contributed by atoms with E-state index in [1.54, 1.807) is 0 Å². The van der Waals surface area contributed by atoms with E-state index in [9.17, 15) is 0 Å². The Bertz CT molecular complexity index is 613. The highest BCUT2D eigenvalue weighted by molar-refractivity contribution is 6.17. The second-order valence-corrected chi connectivity index (χ2v) is 6.54. The lowest BCUT2D eigenvalue weighted by atomic mass is 10.0. The Labute approximate surface area is 125 Å². The number of rotatable bonds is 6. The zero-order chi connectivity index (χ0) is 14.2. The molecule has 0 atom stereocenters. The number of imidazole rings is 1. The average Bonchev–Trinajstić information content (AvgIpc) is 3.09. The van der Waals surface area contributed by atoms with Crippen LogP contribution in [0.25, 0.3) is 11.2 Å². The first-order chi connectivity index (χ1) is 9.67. The summed E-state index contributed by atoms with van der Waals surface area (Å²) >= 11 is 5.94. The molecule has 4 heteroatoms. The van der Waals surface area contributed by atoms with Gasteiger partial charge in [-0.15, -0.1) is 11.6 Å². The Morgan fingerprint density at radius 1 is 1.40 bits per heavy atom. The van der Waals surface area contributed by atoms with Crippen LogP contribution in [-0.2, 0) is 13.0 Å². The number of nitrogens with zero attached hydrogens (tertiary/aromatic N) is 3. The second-order valence-electron chi connectivity index (χ2n) is 6.16. The van der Waals surface area contributed by atoms with Crippen LogP contribution >= 0.6 is 11.6 Å². The monoisotopic (exact) mass is 291 g/mol. The van der Waals surface area contributed by atoms with Crippen LogP contribution in [0.15, 0.2) is 12.3 Å². The number of pyridine rings is 1. The highest BCUT2D eigenvalue weighted by Crippen LogP contribution is 2.51. The number of aromatic nitrogens is 3. The van der Waals surface area contributed by atoms with Crippen molar-refractivity contribution in [1.82, 2.24) is 14.5 Å². The number of aryl methyl sites for hydroxylation is 2. The van der Waals surface area contributed by atoms with Crippen molar-refractivity contribution in [1.29, 1.82) is 0 Å². The van der Waals surface area contributed by atoms with Crippen molar-refractivity contribution >= 4 is 22.8 Å². The fourth-order valence-corrected chi connectivity index (χ4v) is 3.30. The molecule has 1 saturated carbocycles. The SMILES string of the molecule is CCCC1(Cn2c(CCCl)nc3cc(C)cnc32)CC1. The van der Waals surface area contributed by atoms with Gasteiger partial charge in [-0.2, -0.15) is 0 Å². The first kappa shape index (κ1) is 13.9. The quantitative estimate of drug-likeness (QED) is 0.750. The summed E-state index contributed by atoms with van der Waals surface area (Å²) in [5, 5.41) is 0. The Balaban J connectivity index is 2.00. The van der Waals surface area contributed by atoms with Crippen molar-refractivity contribution in [3.8, 4) is 0 Å². The fraction of sp³-hybridized carbons (Fsp3) is 0.625. The number of halogens is 1. The molecule has 2 heterocycles. The molecule has 0 bridgehead atoms. The lowest BCUT2D eigenvalue weighted by molar-refractivity contribution is 0.386. The van der Waals surface area contributed by atoms with Gasteiger partial charge in [-0.25, -0.2) is 9.97 Å². The van der Waals surface area contributed by atoms with E-state index in [1.165, 1.54) is 25.7 Å². The Morgan fingerprint density at radius 3 is 2.85 bits per heavy atom. The summed E-state index contributed by atoms with van der Waals surface area (Å²) in [5.41, 5.74) is 3.69. The minimum atomic E-state index is 0.496. The zero-order valence-corrected chi connectivity index (χ0v) is 13.1. The molecule has 0 saturated heterocycles. The van der Waals surface area contributed by atoms with Gasteiger partial charge in [-0.3, -0.25) is 0 Å². The standard InChI is InChI=1S/C16H22ClN3/c1-3-5-16(6-7-16)11-20-14(4-8-17)19-13-9-12(2)10-18-15(13)20/h9-10H,3-8,11H2,1-2H3. The third-order valence-electron chi connectivity index (χ3n) is 4.35. The summed E-state index contributed by atoms with van der Waals surface area (Å²) in [6, 6.07) is 2.12. The van der Waals surface area contributed by atoms with Crippen molar-refractivity contribution in [3.05, 3.63) is 23.7 Å². The largest absolute Gasteiger partial charge is 0.312 e. The molecule has 3 nitrogen and oxygen atoms in total. The molecule has 2 aromatic heterocycles. The van der Waals surface area contributed by atoms with Gasteiger partial charge in [0.05, 0.1) is 0 Å². The fourth-order valence-electron chi connectivity index (χ4n) is 3.13. The first-order valence-electron chi connectivity index (χ1n) is 7.55. The summed E-state index contributed by atoms with van der Waals surface area (Å²) in [6.45, 7) is 5.39. The van der Waals surface area contributed by atoms with Crippen LogP contribution in [0.1, 0.15) is 44.0 Å². The van der Waals surface area contributed by atoms with Gasteiger partial charge in [0.1, 0.15) is 11.3 Å². The molecule has 1 fully saturated rings. The van der Waals surface area contributed by atoms with Crippen LogP contribution in [0.3, 0.4) is 0 Å². The summed E-state index contributed by atoms with van der Waals surface area (Å²) < 4.78 is 2.32. The van der Waals surface area contributed by atoms with E-state index in [-0.39, 0.29) is 0 Å². The molecule has 0 N–H and O–H groups in total. The third kappa shape index (κ3) is 2.56. The molecule has 0 aromatic carbocycles. The van der Waals surface area contributed by atoms with E-state index in [0.29, 0.717) is 11.3 Å². The summed E-state index contributed by atoms with van der Waals surface area (Å²) in [4.78, 5) is 9.36. The molecular formula is C16H22ClN3. The molecule has 1 aliphatic carbocycles. The lowest BCUT2D eigenvalue weighted by Crippen LogP contribution is -2.15. The smallest absolute Gasteiger partial charge is 0.160 e. The van der Waals surface area contributed by atoms with Crippen molar-refractivity contribution < 1.29 is 0 Å². The molecule has 20 heavy (non-hydrogen) atoms. The van der Waals surface area contributed by atoms with E-state index >= 15 is 0 Å². The highest BCUT2D eigenvalue weighted by atomic mass is 35.5. The molecule has 0 aliphatic heterocycles. The first-order valence-corrected chi connectivity index (χ1v) is 8.09. The number of fused-ring (bicyclic) bond motifs is 1. The van der Waals surface area contributed by atoms with Crippen molar-refractivity contribution in [3.63, 3.8) is 0 Å². The zero-order valence-electron chi connectivity index (χ0n) is 12.3. The maximum atomic E-state index is 5.94. The second kappa shape index (κ2) is 5.36. The van der Waals surface area contributed by atoms with Crippen molar-refractivity contribution in [2.24, 2.45) is 5.41 Å². The molecule has 1 aliphatic rings. The van der Waals surface area contributed by atoms with E-state index in [0.717, 1.165) is 35.5 Å². The van der Waals surface area contributed by atoms with Crippen LogP contribution in [0.4, 0.5) is 0 Å². The van der Waals surface area contributed by atoms with Crippen LogP contribution in [0, 0.1) is 12.3 Å².